The monoisotopic (exact) mass is 612 g/mol. The van der Waals surface area contributed by atoms with Gasteiger partial charge in [0.1, 0.15) is 0 Å². The fourth-order valence-corrected chi connectivity index (χ4v) is 11.5. The number of hydrogen-bond acceptors (Lipinski definition) is 4. The molecule has 9 atom stereocenters. The van der Waals surface area contributed by atoms with E-state index in [-0.39, 0.29) is 28.4 Å². The molecule has 5 heteroatoms. The SMILES string of the molecule is CC1=C2C[C@H]3C(CCC4=CC(=O)CC[C@@]43C)C2(C)CC[C@@]2(C1)O[C@@H]1C[C@H](C)CN(CCNC(=O)CCc3ccccc3)[C@H]1[C@H]2C. The van der Waals surface area contributed by atoms with Gasteiger partial charge in [-0.3, -0.25) is 14.5 Å². The molecule has 2 heterocycles. The average molecular weight is 613 g/mol. The van der Waals surface area contributed by atoms with E-state index in [0.717, 1.165) is 58.0 Å². The highest BCUT2D eigenvalue weighted by Crippen LogP contribution is 2.68. The van der Waals surface area contributed by atoms with Gasteiger partial charge in [0.15, 0.2) is 5.78 Å². The van der Waals surface area contributed by atoms with Crippen molar-refractivity contribution in [3.05, 3.63) is 58.7 Å². The van der Waals surface area contributed by atoms with Crippen molar-refractivity contribution in [1.29, 1.82) is 0 Å². The number of amides is 1. The molecular formula is C40H56N2O3. The number of likely N-dealkylation sites (tertiary alicyclic amines) is 1. The number of piperidine rings is 1. The minimum absolute atomic E-state index is 0.0998. The molecule has 0 bridgehead atoms. The summed E-state index contributed by atoms with van der Waals surface area (Å²) >= 11 is 0. The van der Waals surface area contributed by atoms with Gasteiger partial charge in [-0.2, -0.15) is 0 Å². The maximum atomic E-state index is 12.7. The second kappa shape index (κ2) is 11.8. The highest BCUT2D eigenvalue weighted by molar-refractivity contribution is 5.91. The number of carbonyl (C=O) groups is 2. The molecule has 5 nitrogen and oxygen atoms in total. The summed E-state index contributed by atoms with van der Waals surface area (Å²) in [6, 6.07) is 10.7. The van der Waals surface area contributed by atoms with Crippen LogP contribution < -0.4 is 5.32 Å². The Morgan fingerprint density at radius 3 is 2.64 bits per heavy atom. The number of nitrogens with one attached hydrogen (secondary N) is 1. The van der Waals surface area contributed by atoms with Crippen LogP contribution in [0.4, 0.5) is 0 Å². The smallest absolute Gasteiger partial charge is 0.220 e. The Morgan fingerprint density at radius 1 is 1.04 bits per heavy atom. The highest BCUT2D eigenvalue weighted by atomic mass is 16.5. The molecule has 1 aromatic rings. The fraction of sp³-hybridized carbons (Fsp3) is 0.700. The van der Waals surface area contributed by atoms with Crippen molar-refractivity contribution in [2.24, 2.45) is 34.5 Å². The highest BCUT2D eigenvalue weighted by Gasteiger charge is 2.62. The van der Waals surface area contributed by atoms with Crippen molar-refractivity contribution in [2.75, 3.05) is 19.6 Å². The normalized spacial score (nSPS) is 41.2. The lowest BCUT2D eigenvalue weighted by Gasteiger charge is -2.50. The van der Waals surface area contributed by atoms with Crippen molar-refractivity contribution >= 4 is 11.7 Å². The van der Waals surface area contributed by atoms with E-state index >= 15 is 0 Å². The van der Waals surface area contributed by atoms with Gasteiger partial charge in [0.05, 0.1) is 11.7 Å². The van der Waals surface area contributed by atoms with Gasteiger partial charge in [-0.25, -0.2) is 0 Å². The molecule has 4 fully saturated rings. The van der Waals surface area contributed by atoms with Gasteiger partial charge in [-0.1, -0.05) is 74.7 Å². The van der Waals surface area contributed by atoms with Crippen molar-refractivity contribution < 1.29 is 14.3 Å². The fourth-order valence-electron chi connectivity index (χ4n) is 11.5. The van der Waals surface area contributed by atoms with Crippen LogP contribution in [-0.4, -0.2) is 54.0 Å². The molecule has 4 aliphatic carbocycles. The summed E-state index contributed by atoms with van der Waals surface area (Å²) in [6.45, 7) is 15.1. The molecule has 2 saturated carbocycles. The largest absolute Gasteiger partial charge is 0.369 e. The third-order valence-corrected chi connectivity index (χ3v) is 14.0. The number of ketones is 1. The van der Waals surface area contributed by atoms with Crippen LogP contribution >= 0.6 is 0 Å². The van der Waals surface area contributed by atoms with Crippen molar-refractivity contribution in [3.63, 3.8) is 0 Å². The minimum atomic E-state index is -0.0998. The van der Waals surface area contributed by atoms with Crippen LogP contribution in [0.5, 0.6) is 0 Å². The summed E-state index contributed by atoms with van der Waals surface area (Å²) in [7, 11) is 0. The molecule has 1 amide bonds. The van der Waals surface area contributed by atoms with Crippen molar-refractivity contribution in [2.45, 2.75) is 123 Å². The van der Waals surface area contributed by atoms with Gasteiger partial charge in [0.2, 0.25) is 5.91 Å². The Bertz CT molecular complexity index is 1380. The van der Waals surface area contributed by atoms with Gasteiger partial charge in [-0.05, 0) is 105 Å². The third kappa shape index (κ3) is 5.38. The zero-order valence-electron chi connectivity index (χ0n) is 28.5. The first-order chi connectivity index (χ1) is 21.5. The number of rotatable bonds is 6. The van der Waals surface area contributed by atoms with Crippen LogP contribution in [0.2, 0.25) is 0 Å². The summed E-state index contributed by atoms with van der Waals surface area (Å²) in [6.07, 6.45) is 13.5. The second-order valence-electron chi connectivity index (χ2n) is 16.5. The van der Waals surface area contributed by atoms with E-state index in [9.17, 15) is 9.59 Å². The van der Waals surface area contributed by atoms with Gasteiger partial charge in [0, 0.05) is 44.4 Å². The second-order valence-corrected chi connectivity index (χ2v) is 16.5. The molecule has 45 heavy (non-hydrogen) atoms. The van der Waals surface area contributed by atoms with E-state index in [1.54, 1.807) is 11.1 Å². The van der Waals surface area contributed by atoms with Crippen LogP contribution in [0.25, 0.3) is 0 Å². The lowest BCUT2D eigenvalue weighted by molar-refractivity contribution is -0.121. The molecule has 1 spiro atoms. The maximum Gasteiger partial charge on any atom is 0.220 e. The zero-order valence-corrected chi connectivity index (χ0v) is 28.5. The number of aryl methyl sites for hydroxylation is 1. The van der Waals surface area contributed by atoms with E-state index in [1.807, 2.05) is 24.3 Å². The summed E-state index contributed by atoms with van der Waals surface area (Å²) < 4.78 is 7.33. The molecule has 7 rings (SSSR count). The lowest BCUT2D eigenvalue weighted by atomic mass is 9.54. The first-order valence-electron chi connectivity index (χ1n) is 18.2. The van der Waals surface area contributed by atoms with Gasteiger partial charge in [-0.15, -0.1) is 0 Å². The summed E-state index contributed by atoms with van der Waals surface area (Å²) in [4.78, 5) is 27.7. The zero-order chi connectivity index (χ0) is 31.6. The Kier molecular flexibility index (Phi) is 8.21. The number of fused-ring (bicyclic) bond motifs is 6. The molecule has 244 valence electrons. The van der Waals surface area contributed by atoms with Gasteiger partial charge in [0.25, 0.3) is 0 Å². The molecule has 0 aromatic heterocycles. The Morgan fingerprint density at radius 2 is 1.84 bits per heavy atom. The summed E-state index contributed by atoms with van der Waals surface area (Å²) in [5, 5.41) is 3.23. The van der Waals surface area contributed by atoms with Crippen LogP contribution in [0.15, 0.2) is 53.1 Å². The van der Waals surface area contributed by atoms with Gasteiger partial charge < -0.3 is 10.1 Å². The molecule has 2 aliphatic heterocycles. The predicted molar refractivity (Wildman–Crippen MR) is 180 cm³/mol. The first-order valence-corrected chi connectivity index (χ1v) is 18.2. The van der Waals surface area contributed by atoms with Crippen molar-refractivity contribution in [1.82, 2.24) is 10.2 Å². The van der Waals surface area contributed by atoms with E-state index in [0.29, 0.717) is 48.5 Å². The maximum absolute atomic E-state index is 12.7. The summed E-state index contributed by atoms with van der Waals surface area (Å²) in [5.74, 6) is 2.92. The number of hydrogen-bond donors (Lipinski definition) is 1. The van der Waals surface area contributed by atoms with Crippen LogP contribution in [0.3, 0.4) is 0 Å². The predicted octanol–water partition coefficient (Wildman–Crippen LogP) is 7.45. The molecule has 2 saturated heterocycles. The Balaban J connectivity index is 1.05. The number of carbonyl (C=O) groups excluding carboxylic acids is 2. The molecule has 6 aliphatic rings. The quantitative estimate of drug-likeness (QED) is 0.339. The molecule has 1 N–H and O–H groups in total. The number of allylic oxidation sites excluding steroid dienone is 3. The molecular weight excluding hydrogens is 556 g/mol. The standard InChI is InChI=1S/C40H56N2O3/c1-26-21-35-37(42(25-26)20-19-41-36(44)14-11-29-9-7-6-8-10-29)28(3)40(45-35)18-17-39(5)32-13-12-30-22-31(43)15-16-38(30,4)34(32)23-33(39)27(2)24-40/h6-10,22,26,28,32,34-35,37H,11-21,23-25H2,1-5H3,(H,41,44)/t26-,28+,32?,34-,35+,37-,38-,39?,40-/m0/s1. The lowest BCUT2D eigenvalue weighted by Crippen LogP contribution is -2.53. The van der Waals surface area contributed by atoms with Crippen molar-refractivity contribution in [3.8, 4) is 0 Å². The average Bonchev–Trinajstić information content (AvgIpc) is 3.43. The number of ether oxygens (including phenoxy) is 1. The first kappa shape index (κ1) is 31.4. The van der Waals surface area contributed by atoms with E-state index in [1.165, 1.54) is 30.4 Å². The topological polar surface area (TPSA) is 58.6 Å². The number of benzene rings is 1. The van der Waals surface area contributed by atoms with E-state index in [4.69, 9.17) is 4.74 Å². The van der Waals surface area contributed by atoms with E-state index in [2.05, 4.69) is 57.0 Å². The van der Waals surface area contributed by atoms with E-state index < -0.39 is 0 Å². The minimum Gasteiger partial charge on any atom is -0.369 e. The third-order valence-electron chi connectivity index (χ3n) is 14.0. The van der Waals surface area contributed by atoms with Crippen LogP contribution in [-0.2, 0) is 20.7 Å². The molecule has 1 aromatic carbocycles. The Hall–Kier alpha value is -2.24. The summed E-state index contributed by atoms with van der Waals surface area (Å²) in [5.41, 5.74) is 6.34. The van der Waals surface area contributed by atoms with Gasteiger partial charge >= 0.3 is 0 Å². The Labute approximate surface area is 271 Å². The van der Waals surface area contributed by atoms with Crippen LogP contribution in [0, 0.1) is 34.5 Å². The number of nitrogens with zero attached hydrogens (tertiary/aromatic N) is 1. The molecule has 0 radical (unpaired) electrons. The molecule has 2 unspecified atom stereocenters. The van der Waals surface area contributed by atoms with Crippen LogP contribution in [0.1, 0.15) is 104 Å².